The Morgan fingerprint density at radius 3 is 2.83 bits per heavy atom. The van der Waals surface area contributed by atoms with Crippen LogP contribution in [0.3, 0.4) is 0 Å². The van der Waals surface area contributed by atoms with E-state index in [0.29, 0.717) is 0 Å². The van der Waals surface area contributed by atoms with Gasteiger partial charge in [0.25, 0.3) is 0 Å². The second-order valence-corrected chi connectivity index (χ2v) is 5.89. The number of rotatable bonds is 5. The highest BCUT2D eigenvalue weighted by Crippen LogP contribution is 2.30. The van der Waals surface area contributed by atoms with E-state index in [1.54, 1.807) is 11.2 Å². The van der Waals surface area contributed by atoms with Crippen molar-refractivity contribution in [3.8, 4) is 0 Å². The molecule has 7 heteroatoms. The van der Waals surface area contributed by atoms with Crippen molar-refractivity contribution in [1.29, 1.82) is 0 Å². The van der Waals surface area contributed by atoms with Crippen LogP contribution in [0.2, 0.25) is 0 Å². The lowest BCUT2D eigenvalue weighted by Crippen LogP contribution is -3.14. The number of para-hydroxylation sites is 1. The van der Waals surface area contributed by atoms with Gasteiger partial charge in [-0.1, -0.05) is 12.1 Å². The number of nitrogens with one attached hydrogen (secondary N) is 2. The quantitative estimate of drug-likeness (QED) is 0.527. The van der Waals surface area contributed by atoms with E-state index in [-0.39, 0.29) is 12.4 Å². The van der Waals surface area contributed by atoms with Crippen molar-refractivity contribution < 1.29 is 26.5 Å². The van der Waals surface area contributed by atoms with E-state index in [2.05, 4.69) is 15.3 Å². The molecule has 0 saturated carbocycles. The first-order chi connectivity index (χ1) is 11.4. The van der Waals surface area contributed by atoms with Gasteiger partial charge in [0.1, 0.15) is 30.5 Å². The fourth-order valence-electron chi connectivity index (χ4n) is 3.10. The molecule has 0 amide bonds. The fraction of sp³-hybridized carbons (Fsp3) is 0.412. The number of aromatic nitrogens is 2. The number of benzene rings is 1. The minimum absolute atomic E-state index is 0. The summed E-state index contributed by atoms with van der Waals surface area (Å²) in [7, 11) is 0. The normalized spacial score (nSPS) is 15.5. The molecule has 128 valence electrons. The van der Waals surface area contributed by atoms with Gasteiger partial charge in [0.2, 0.25) is 0 Å². The van der Waals surface area contributed by atoms with Gasteiger partial charge in [0, 0.05) is 18.4 Å². The number of quaternary nitrogens is 1. The van der Waals surface area contributed by atoms with E-state index in [9.17, 15) is 0 Å². The zero-order valence-electron chi connectivity index (χ0n) is 13.4. The molecule has 0 unspecified atom stereocenters. The highest BCUT2D eigenvalue weighted by molar-refractivity contribution is 6.05. The summed E-state index contributed by atoms with van der Waals surface area (Å²) in [6, 6.07) is 7.95. The Balaban J connectivity index is 0.00000169. The number of morpholine rings is 1. The van der Waals surface area contributed by atoms with Gasteiger partial charge in [-0.15, -0.1) is 0 Å². The fourth-order valence-corrected chi connectivity index (χ4v) is 3.10. The first-order valence-electron chi connectivity index (χ1n) is 8.19. The molecule has 3 heterocycles. The van der Waals surface area contributed by atoms with Crippen LogP contribution in [0.4, 0.5) is 5.82 Å². The summed E-state index contributed by atoms with van der Waals surface area (Å²) in [6.07, 6.45) is 2.70. The summed E-state index contributed by atoms with van der Waals surface area (Å²) < 4.78 is 11.3. The molecule has 1 saturated heterocycles. The lowest BCUT2D eigenvalue weighted by molar-refractivity contribution is -0.908. The second kappa shape index (κ2) is 7.79. The average Bonchev–Trinajstić information content (AvgIpc) is 2.99. The van der Waals surface area contributed by atoms with E-state index in [1.165, 1.54) is 0 Å². The maximum absolute atomic E-state index is 5.92. The number of hydrogen-bond acceptors (Lipinski definition) is 5. The highest BCUT2D eigenvalue weighted by atomic mass is 35.5. The van der Waals surface area contributed by atoms with Crippen LogP contribution in [-0.2, 0) is 4.74 Å². The average molecular weight is 349 g/mol. The molecule has 0 atom stereocenters. The minimum Gasteiger partial charge on any atom is -1.00 e. The van der Waals surface area contributed by atoms with Crippen LogP contribution in [0, 0.1) is 0 Å². The van der Waals surface area contributed by atoms with Crippen LogP contribution < -0.4 is 22.6 Å². The monoisotopic (exact) mass is 348 g/mol. The van der Waals surface area contributed by atoms with Crippen LogP contribution in [0.1, 0.15) is 6.42 Å². The molecule has 0 bridgehead atoms. The molecule has 1 aromatic carbocycles. The van der Waals surface area contributed by atoms with Crippen molar-refractivity contribution in [2.24, 2.45) is 0 Å². The summed E-state index contributed by atoms with van der Waals surface area (Å²) >= 11 is 0. The Kier molecular flexibility index (Phi) is 5.50. The van der Waals surface area contributed by atoms with Crippen molar-refractivity contribution >= 4 is 27.9 Å². The molecule has 1 fully saturated rings. The van der Waals surface area contributed by atoms with E-state index in [1.807, 2.05) is 24.3 Å². The van der Waals surface area contributed by atoms with Crippen molar-refractivity contribution in [3.63, 3.8) is 0 Å². The number of furan rings is 1. The summed E-state index contributed by atoms with van der Waals surface area (Å²) in [5.74, 6) is 0.781. The van der Waals surface area contributed by atoms with Crippen molar-refractivity contribution in [1.82, 2.24) is 9.97 Å². The summed E-state index contributed by atoms with van der Waals surface area (Å²) in [5.41, 5.74) is 2.47. The molecular formula is C17H21ClN4O2. The molecule has 2 aromatic heterocycles. The highest BCUT2D eigenvalue weighted by Gasteiger charge is 2.14. The number of hydrogen-bond donors (Lipinski definition) is 2. The zero-order valence-corrected chi connectivity index (χ0v) is 14.2. The van der Waals surface area contributed by atoms with Crippen molar-refractivity contribution in [2.45, 2.75) is 6.42 Å². The number of ether oxygens (including phenoxy) is 1. The van der Waals surface area contributed by atoms with Gasteiger partial charge in [-0.2, -0.15) is 0 Å². The number of halogens is 1. The van der Waals surface area contributed by atoms with Crippen LogP contribution >= 0.6 is 0 Å². The van der Waals surface area contributed by atoms with E-state index >= 15 is 0 Å². The summed E-state index contributed by atoms with van der Waals surface area (Å²) in [5, 5.41) is 4.43. The maximum atomic E-state index is 5.92. The zero-order chi connectivity index (χ0) is 15.5. The molecular weight excluding hydrogens is 328 g/mol. The van der Waals surface area contributed by atoms with Gasteiger partial charge in [-0.05, 0) is 12.1 Å². The smallest absolute Gasteiger partial charge is 0.196 e. The Hall–Kier alpha value is -1.89. The van der Waals surface area contributed by atoms with Crippen molar-refractivity contribution in [3.05, 3.63) is 30.6 Å². The maximum Gasteiger partial charge on any atom is 0.196 e. The van der Waals surface area contributed by atoms with Gasteiger partial charge in [-0.25, -0.2) is 9.97 Å². The van der Waals surface area contributed by atoms with Gasteiger partial charge in [0.05, 0.1) is 19.8 Å². The molecule has 4 rings (SSSR count). The van der Waals surface area contributed by atoms with Gasteiger partial charge in [-0.3, -0.25) is 0 Å². The molecule has 2 N–H and O–H groups in total. The molecule has 0 aliphatic carbocycles. The molecule has 24 heavy (non-hydrogen) atoms. The van der Waals surface area contributed by atoms with Crippen LogP contribution in [0.15, 0.2) is 35.0 Å². The molecule has 6 nitrogen and oxygen atoms in total. The van der Waals surface area contributed by atoms with Crippen molar-refractivity contribution in [2.75, 3.05) is 44.7 Å². The summed E-state index contributed by atoms with van der Waals surface area (Å²) in [4.78, 5) is 10.3. The van der Waals surface area contributed by atoms with Gasteiger partial charge < -0.3 is 31.8 Å². The standard InChI is InChI=1S/C17H20N4O2.ClH/c1-2-5-14-13(4-1)15-16(23-14)17(20-12-19-15)18-6-3-7-21-8-10-22-11-9-21;/h1-2,4-5,12H,3,6-11H2,(H,18,19,20);1H. The minimum atomic E-state index is 0. The third-order valence-corrected chi connectivity index (χ3v) is 4.36. The molecule has 0 radical (unpaired) electrons. The Morgan fingerprint density at radius 2 is 1.96 bits per heavy atom. The van der Waals surface area contributed by atoms with E-state index < -0.39 is 0 Å². The lowest BCUT2D eigenvalue weighted by atomic mass is 10.2. The second-order valence-electron chi connectivity index (χ2n) is 5.89. The molecule has 1 aliphatic rings. The number of nitrogens with zero attached hydrogens (tertiary/aromatic N) is 2. The Bertz CT molecular complexity index is 801. The van der Waals surface area contributed by atoms with Crippen LogP contribution in [-0.4, -0.2) is 49.4 Å². The number of fused-ring (bicyclic) bond motifs is 3. The lowest BCUT2D eigenvalue weighted by Gasteiger charge is -2.23. The SMILES string of the molecule is [Cl-].c1ccc2c(c1)oc1c(NCCC[NH+]3CCOCC3)ncnc12. The third-order valence-electron chi connectivity index (χ3n) is 4.36. The molecule has 3 aromatic rings. The van der Waals surface area contributed by atoms with Gasteiger partial charge >= 0.3 is 0 Å². The first-order valence-corrected chi connectivity index (χ1v) is 8.19. The van der Waals surface area contributed by atoms with E-state index in [0.717, 1.165) is 73.7 Å². The number of anilines is 1. The predicted octanol–water partition coefficient (Wildman–Crippen LogP) is -1.90. The first kappa shape index (κ1) is 17.0. The summed E-state index contributed by atoms with van der Waals surface area (Å²) in [6.45, 7) is 6.03. The largest absolute Gasteiger partial charge is 1.00 e. The van der Waals surface area contributed by atoms with Gasteiger partial charge in [0.15, 0.2) is 11.4 Å². The molecule has 0 spiro atoms. The predicted molar refractivity (Wildman–Crippen MR) is 88.8 cm³/mol. The Morgan fingerprint density at radius 1 is 1.12 bits per heavy atom. The molecule has 1 aliphatic heterocycles. The van der Waals surface area contributed by atoms with Crippen LogP contribution in [0.5, 0.6) is 0 Å². The van der Waals surface area contributed by atoms with Crippen LogP contribution in [0.25, 0.3) is 22.1 Å². The Labute approximate surface area is 146 Å². The third kappa shape index (κ3) is 3.45. The van der Waals surface area contributed by atoms with E-state index in [4.69, 9.17) is 9.15 Å². The topological polar surface area (TPSA) is 64.6 Å².